The van der Waals surface area contributed by atoms with Crippen molar-refractivity contribution in [3.63, 3.8) is 0 Å². The zero-order valence-corrected chi connectivity index (χ0v) is 15.3. The van der Waals surface area contributed by atoms with Crippen molar-refractivity contribution in [3.05, 3.63) is 88.9 Å². The van der Waals surface area contributed by atoms with E-state index < -0.39 is 0 Å². The molecule has 0 bridgehead atoms. The Morgan fingerprint density at radius 1 is 1.19 bits per heavy atom. The summed E-state index contributed by atoms with van der Waals surface area (Å²) in [5.41, 5.74) is 3.75. The molecule has 2 aliphatic heterocycles. The van der Waals surface area contributed by atoms with E-state index >= 15 is 0 Å². The third kappa shape index (κ3) is 3.08. The van der Waals surface area contributed by atoms with Gasteiger partial charge < -0.3 is 10.1 Å². The van der Waals surface area contributed by atoms with E-state index in [-0.39, 0.29) is 6.04 Å². The van der Waals surface area contributed by atoms with Crippen LogP contribution in [0.3, 0.4) is 0 Å². The van der Waals surface area contributed by atoms with Gasteiger partial charge in [-0.1, -0.05) is 54.6 Å². The van der Waals surface area contributed by atoms with Gasteiger partial charge in [0.1, 0.15) is 0 Å². The molecule has 4 nitrogen and oxygen atoms in total. The SMILES string of the molecule is C=C1C=C2OCCC(c3ccccc3)N2C(=Nc2cccc(Cl)c2C)N1. The summed E-state index contributed by atoms with van der Waals surface area (Å²) in [4.78, 5) is 6.96. The number of guanidine groups is 1. The Morgan fingerprint density at radius 2 is 2.00 bits per heavy atom. The highest BCUT2D eigenvalue weighted by atomic mass is 35.5. The lowest BCUT2D eigenvalue weighted by Crippen LogP contribution is -2.48. The van der Waals surface area contributed by atoms with Crippen LogP contribution in [0.15, 0.2) is 77.8 Å². The second kappa shape index (κ2) is 6.89. The Bertz CT molecular complexity index is 905. The van der Waals surface area contributed by atoms with E-state index in [2.05, 4.69) is 41.1 Å². The summed E-state index contributed by atoms with van der Waals surface area (Å²) < 4.78 is 5.91. The van der Waals surface area contributed by atoms with Gasteiger partial charge in [-0.25, -0.2) is 4.99 Å². The lowest BCUT2D eigenvalue weighted by Gasteiger charge is -2.41. The first-order valence-corrected chi connectivity index (χ1v) is 8.99. The fourth-order valence-electron chi connectivity index (χ4n) is 3.28. The van der Waals surface area contributed by atoms with Crippen molar-refractivity contribution in [2.75, 3.05) is 6.61 Å². The molecule has 0 aromatic heterocycles. The van der Waals surface area contributed by atoms with Crippen LogP contribution in [0.4, 0.5) is 5.69 Å². The Kier molecular flexibility index (Phi) is 4.43. The lowest BCUT2D eigenvalue weighted by atomic mass is 10.0. The van der Waals surface area contributed by atoms with Crippen LogP contribution < -0.4 is 5.32 Å². The summed E-state index contributed by atoms with van der Waals surface area (Å²) >= 11 is 6.27. The van der Waals surface area contributed by atoms with Crippen molar-refractivity contribution in [2.45, 2.75) is 19.4 Å². The van der Waals surface area contributed by atoms with E-state index in [4.69, 9.17) is 21.3 Å². The first kappa shape index (κ1) is 16.7. The Balaban J connectivity index is 1.80. The Hall–Kier alpha value is -2.72. The van der Waals surface area contributed by atoms with Crippen molar-refractivity contribution in [1.29, 1.82) is 0 Å². The van der Waals surface area contributed by atoms with E-state index in [1.54, 1.807) is 0 Å². The van der Waals surface area contributed by atoms with E-state index in [1.807, 2.05) is 37.3 Å². The molecular weight excluding hydrogens is 346 g/mol. The van der Waals surface area contributed by atoms with Crippen LogP contribution in [0.2, 0.25) is 5.02 Å². The number of hydrogen-bond donors (Lipinski definition) is 1. The third-order valence-electron chi connectivity index (χ3n) is 4.64. The van der Waals surface area contributed by atoms with Crippen molar-refractivity contribution < 1.29 is 4.74 Å². The van der Waals surface area contributed by atoms with Gasteiger partial charge in [-0.15, -0.1) is 0 Å². The standard InChI is InChI=1S/C21H20ClN3O/c1-14-13-20-25(19(11-12-26-20)16-7-4-3-5-8-16)21(23-14)24-18-10-6-9-17(22)15(18)2/h3-10,13,19H,1,11-12H2,2H3,(H,23,24). The molecule has 0 saturated carbocycles. The van der Waals surface area contributed by atoms with Gasteiger partial charge in [-0.3, -0.25) is 4.90 Å². The Morgan fingerprint density at radius 3 is 2.81 bits per heavy atom. The summed E-state index contributed by atoms with van der Waals surface area (Å²) in [6.45, 7) is 6.67. The number of aliphatic imine (C=N–C) groups is 1. The van der Waals surface area contributed by atoms with Gasteiger partial charge in [0, 0.05) is 23.2 Å². The smallest absolute Gasteiger partial charge is 0.211 e. The van der Waals surface area contributed by atoms with E-state index in [0.29, 0.717) is 17.6 Å². The van der Waals surface area contributed by atoms with Crippen molar-refractivity contribution in [2.24, 2.45) is 4.99 Å². The zero-order chi connectivity index (χ0) is 18.1. The van der Waals surface area contributed by atoms with Crippen LogP contribution in [0.25, 0.3) is 0 Å². The fourth-order valence-corrected chi connectivity index (χ4v) is 3.45. The summed E-state index contributed by atoms with van der Waals surface area (Å²) in [6.07, 6.45) is 2.79. The van der Waals surface area contributed by atoms with Crippen LogP contribution in [0.5, 0.6) is 0 Å². The number of allylic oxidation sites excluding steroid dienone is 1. The maximum atomic E-state index is 6.27. The minimum atomic E-state index is 0.148. The quantitative estimate of drug-likeness (QED) is 0.808. The van der Waals surface area contributed by atoms with E-state index in [9.17, 15) is 0 Å². The van der Waals surface area contributed by atoms with Crippen LogP contribution >= 0.6 is 11.6 Å². The van der Waals surface area contributed by atoms with Crippen molar-refractivity contribution in [1.82, 2.24) is 10.2 Å². The van der Waals surface area contributed by atoms with Crippen molar-refractivity contribution in [3.8, 4) is 0 Å². The molecule has 0 radical (unpaired) electrons. The minimum absolute atomic E-state index is 0.148. The number of halogens is 1. The molecule has 2 aromatic carbocycles. The molecule has 1 fully saturated rings. The predicted octanol–water partition coefficient (Wildman–Crippen LogP) is 5.06. The normalized spacial score (nSPS) is 20.9. The van der Waals surface area contributed by atoms with Gasteiger partial charge in [0.2, 0.25) is 5.96 Å². The predicted molar refractivity (Wildman–Crippen MR) is 105 cm³/mol. The summed E-state index contributed by atoms with van der Waals surface area (Å²) in [6, 6.07) is 16.3. The van der Waals surface area contributed by atoms with Gasteiger partial charge >= 0.3 is 0 Å². The largest absolute Gasteiger partial charge is 0.479 e. The van der Waals surface area contributed by atoms with Gasteiger partial charge in [-0.2, -0.15) is 0 Å². The number of fused-ring (bicyclic) bond motifs is 1. The first-order valence-electron chi connectivity index (χ1n) is 8.62. The lowest BCUT2D eigenvalue weighted by molar-refractivity contribution is 0.0615. The molecule has 2 aromatic rings. The Labute approximate surface area is 158 Å². The molecule has 0 spiro atoms. The second-order valence-corrected chi connectivity index (χ2v) is 6.79. The van der Waals surface area contributed by atoms with Crippen LogP contribution in [-0.4, -0.2) is 17.5 Å². The maximum absolute atomic E-state index is 6.27. The monoisotopic (exact) mass is 365 g/mol. The average molecular weight is 366 g/mol. The number of hydrogen-bond acceptors (Lipinski definition) is 2. The molecule has 1 unspecified atom stereocenters. The molecular formula is C21H20ClN3O. The number of nitrogens with zero attached hydrogens (tertiary/aromatic N) is 2. The van der Waals surface area contributed by atoms with Gasteiger partial charge in [-0.05, 0) is 30.2 Å². The van der Waals surface area contributed by atoms with Crippen LogP contribution in [0.1, 0.15) is 23.6 Å². The molecule has 0 amide bonds. The van der Waals surface area contributed by atoms with E-state index in [0.717, 1.165) is 29.3 Å². The fraction of sp³-hybridized carbons (Fsp3) is 0.190. The molecule has 1 N–H and O–H groups in total. The van der Waals surface area contributed by atoms with Gasteiger partial charge in [0.05, 0.1) is 18.3 Å². The number of ether oxygens (including phenoxy) is 1. The van der Waals surface area contributed by atoms with Gasteiger partial charge in [0.25, 0.3) is 0 Å². The highest BCUT2D eigenvalue weighted by Crippen LogP contribution is 2.36. The molecule has 0 aliphatic carbocycles. The number of nitrogens with one attached hydrogen (secondary N) is 1. The summed E-state index contributed by atoms with van der Waals surface area (Å²) in [7, 11) is 0. The van der Waals surface area contributed by atoms with Gasteiger partial charge in [0.15, 0.2) is 5.88 Å². The van der Waals surface area contributed by atoms with Crippen LogP contribution in [-0.2, 0) is 4.74 Å². The molecule has 132 valence electrons. The highest BCUT2D eigenvalue weighted by molar-refractivity contribution is 6.31. The topological polar surface area (TPSA) is 36.9 Å². The first-order chi connectivity index (χ1) is 12.6. The maximum Gasteiger partial charge on any atom is 0.211 e. The van der Waals surface area contributed by atoms with Crippen LogP contribution in [0, 0.1) is 6.92 Å². The second-order valence-electron chi connectivity index (χ2n) is 6.39. The number of rotatable bonds is 2. The molecule has 2 heterocycles. The highest BCUT2D eigenvalue weighted by Gasteiger charge is 2.34. The molecule has 2 aliphatic rings. The third-order valence-corrected chi connectivity index (χ3v) is 5.05. The summed E-state index contributed by atoms with van der Waals surface area (Å²) in [5.74, 6) is 1.47. The molecule has 4 rings (SSSR count). The molecule has 1 atom stereocenters. The van der Waals surface area contributed by atoms with E-state index in [1.165, 1.54) is 5.56 Å². The molecule has 1 saturated heterocycles. The summed E-state index contributed by atoms with van der Waals surface area (Å²) in [5, 5.41) is 3.99. The molecule has 5 heteroatoms. The van der Waals surface area contributed by atoms with Crippen molar-refractivity contribution >= 4 is 23.2 Å². The molecule has 26 heavy (non-hydrogen) atoms. The average Bonchev–Trinajstić information content (AvgIpc) is 2.65. The zero-order valence-electron chi connectivity index (χ0n) is 14.6. The number of benzene rings is 2. The minimum Gasteiger partial charge on any atom is -0.479 e.